The summed E-state index contributed by atoms with van der Waals surface area (Å²) in [5, 5.41) is 0. The molecule has 0 aliphatic heterocycles. The summed E-state index contributed by atoms with van der Waals surface area (Å²) >= 11 is 1.64. The normalized spacial score (nSPS) is 10.6. The van der Waals surface area contributed by atoms with Crippen molar-refractivity contribution in [1.82, 2.24) is 0 Å². The minimum Gasteiger partial charge on any atom is -0.161 e. The van der Waals surface area contributed by atoms with Gasteiger partial charge in [0.15, 0.2) is 0 Å². The van der Waals surface area contributed by atoms with Gasteiger partial charge in [0.2, 0.25) is 0 Å². The van der Waals surface area contributed by atoms with Crippen molar-refractivity contribution >= 4 is 11.8 Å². The van der Waals surface area contributed by atoms with Gasteiger partial charge in [0.25, 0.3) is 0 Å². The summed E-state index contributed by atoms with van der Waals surface area (Å²) in [6, 6.07) is 0. The molecule has 0 aliphatic carbocycles. The number of hydrogen-bond donors (Lipinski definition) is 0. The summed E-state index contributed by atoms with van der Waals surface area (Å²) in [5.74, 6) is 1.14. The standard InChI is InChI=1S/C6H11S/c1-3-4-5-6-7-2/h3-4H,2,5-6H2,1H3/b4-3+. The van der Waals surface area contributed by atoms with E-state index >= 15 is 0 Å². The number of rotatable bonds is 3. The van der Waals surface area contributed by atoms with E-state index in [-0.39, 0.29) is 0 Å². The number of allylic oxidation sites excluding steroid dienone is 2. The van der Waals surface area contributed by atoms with Crippen LogP contribution in [0.15, 0.2) is 12.2 Å². The highest BCUT2D eigenvalue weighted by molar-refractivity contribution is 8.00. The first-order valence-electron chi connectivity index (χ1n) is 2.40. The third kappa shape index (κ3) is 6.09. The van der Waals surface area contributed by atoms with Crippen LogP contribution in [0.1, 0.15) is 13.3 Å². The Morgan fingerprint density at radius 1 is 1.71 bits per heavy atom. The van der Waals surface area contributed by atoms with Crippen LogP contribution >= 0.6 is 11.8 Å². The Morgan fingerprint density at radius 2 is 2.43 bits per heavy atom. The fourth-order valence-corrected chi connectivity index (χ4v) is 0.621. The van der Waals surface area contributed by atoms with E-state index in [1.807, 2.05) is 6.92 Å². The molecule has 0 amide bonds. The first kappa shape index (κ1) is 7.09. The van der Waals surface area contributed by atoms with Gasteiger partial charge in [0, 0.05) is 6.26 Å². The SMILES string of the molecule is [CH2]SCC/C=C/C. The molecule has 0 heterocycles. The second-order valence-electron chi connectivity index (χ2n) is 1.27. The van der Waals surface area contributed by atoms with Crippen LogP contribution in [0, 0.1) is 6.26 Å². The number of hydrogen-bond acceptors (Lipinski definition) is 1. The van der Waals surface area contributed by atoms with E-state index in [4.69, 9.17) is 0 Å². The Morgan fingerprint density at radius 3 is 2.86 bits per heavy atom. The van der Waals surface area contributed by atoms with Crippen molar-refractivity contribution in [3.63, 3.8) is 0 Å². The minimum atomic E-state index is 1.14. The second kappa shape index (κ2) is 6.09. The average Bonchev–Trinajstić information content (AvgIpc) is 1.69. The lowest BCUT2D eigenvalue weighted by atomic mass is 10.4. The molecule has 0 saturated carbocycles. The van der Waals surface area contributed by atoms with E-state index in [9.17, 15) is 0 Å². The summed E-state index contributed by atoms with van der Waals surface area (Å²) in [4.78, 5) is 0. The zero-order chi connectivity index (χ0) is 5.54. The van der Waals surface area contributed by atoms with Crippen molar-refractivity contribution in [2.24, 2.45) is 0 Å². The van der Waals surface area contributed by atoms with Crippen LogP contribution in [0.25, 0.3) is 0 Å². The summed E-state index contributed by atoms with van der Waals surface area (Å²) in [5.41, 5.74) is 0. The molecule has 0 aromatic carbocycles. The van der Waals surface area contributed by atoms with Gasteiger partial charge in [0.1, 0.15) is 0 Å². The smallest absolute Gasteiger partial charge is 0.00237 e. The molecular formula is C6H11S. The van der Waals surface area contributed by atoms with Crippen LogP contribution in [0.3, 0.4) is 0 Å². The summed E-state index contributed by atoms with van der Waals surface area (Å²) in [6.07, 6.45) is 9.01. The molecule has 0 aliphatic rings. The molecule has 0 nitrogen and oxygen atoms in total. The predicted octanol–water partition coefficient (Wildman–Crippen LogP) is 2.48. The lowest BCUT2D eigenvalue weighted by Gasteiger charge is -1.83. The third-order valence-electron chi connectivity index (χ3n) is 0.665. The molecule has 0 saturated heterocycles. The molecule has 0 unspecified atom stereocenters. The maximum atomic E-state index is 3.64. The van der Waals surface area contributed by atoms with Gasteiger partial charge in [-0.25, -0.2) is 0 Å². The molecular weight excluding hydrogens is 104 g/mol. The molecule has 41 valence electrons. The van der Waals surface area contributed by atoms with Gasteiger partial charge in [-0.15, -0.1) is 0 Å². The van der Waals surface area contributed by atoms with Crippen LogP contribution in [0.4, 0.5) is 0 Å². The van der Waals surface area contributed by atoms with Gasteiger partial charge in [-0.05, 0) is 19.1 Å². The van der Waals surface area contributed by atoms with E-state index in [2.05, 4.69) is 18.4 Å². The van der Waals surface area contributed by atoms with E-state index in [0.29, 0.717) is 0 Å². The minimum absolute atomic E-state index is 1.14. The Labute approximate surface area is 50.0 Å². The monoisotopic (exact) mass is 115 g/mol. The van der Waals surface area contributed by atoms with Crippen LogP contribution in [0.5, 0.6) is 0 Å². The first-order valence-corrected chi connectivity index (χ1v) is 3.55. The fraction of sp³-hybridized carbons (Fsp3) is 0.500. The van der Waals surface area contributed by atoms with Gasteiger partial charge < -0.3 is 0 Å². The highest BCUT2D eigenvalue weighted by atomic mass is 32.2. The largest absolute Gasteiger partial charge is 0.161 e. The lowest BCUT2D eigenvalue weighted by molar-refractivity contribution is 1.24. The molecule has 0 atom stereocenters. The maximum absolute atomic E-state index is 3.64. The molecule has 1 radical (unpaired) electrons. The molecule has 7 heavy (non-hydrogen) atoms. The Balaban J connectivity index is 2.69. The van der Waals surface area contributed by atoms with Crippen LogP contribution in [-0.4, -0.2) is 5.75 Å². The summed E-state index contributed by atoms with van der Waals surface area (Å²) < 4.78 is 0. The van der Waals surface area contributed by atoms with E-state index in [0.717, 1.165) is 12.2 Å². The Kier molecular flexibility index (Phi) is 6.17. The Hall–Kier alpha value is 0.0900. The molecule has 0 rings (SSSR count). The van der Waals surface area contributed by atoms with Gasteiger partial charge in [-0.2, -0.15) is 11.8 Å². The van der Waals surface area contributed by atoms with Crippen molar-refractivity contribution in [3.8, 4) is 0 Å². The van der Waals surface area contributed by atoms with Gasteiger partial charge >= 0.3 is 0 Å². The summed E-state index contributed by atoms with van der Waals surface area (Å²) in [6.45, 7) is 2.04. The van der Waals surface area contributed by atoms with Gasteiger partial charge in [0.05, 0.1) is 0 Å². The van der Waals surface area contributed by atoms with Crippen LogP contribution < -0.4 is 0 Å². The zero-order valence-corrected chi connectivity index (χ0v) is 5.50. The predicted molar refractivity (Wildman–Crippen MR) is 37.2 cm³/mol. The van der Waals surface area contributed by atoms with Crippen LogP contribution in [-0.2, 0) is 0 Å². The quantitative estimate of drug-likeness (QED) is 0.402. The molecule has 0 bridgehead atoms. The molecule has 0 fully saturated rings. The van der Waals surface area contributed by atoms with Crippen LogP contribution in [0.2, 0.25) is 0 Å². The van der Waals surface area contributed by atoms with Crippen molar-refractivity contribution in [3.05, 3.63) is 18.4 Å². The molecule has 0 aromatic rings. The third-order valence-corrected chi connectivity index (χ3v) is 1.19. The fourth-order valence-electron chi connectivity index (χ4n) is 0.318. The highest BCUT2D eigenvalue weighted by Crippen LogP contribution is 1.97. The number of thioether (sulfide) groups is 1. The van der Waals surface area contributed by atoms with Crippen molar-refractivity contribution in [2.45, 2.75) is 13.3 Å². The molecule has 0 spiro atoms. The van der Waals surface area contributed by atoms with Gasteiger partial charge in [-0.3, -0.25) is 0 Å². The first-order chi connectivity index (χ1) is 3.41. The maximum Gasteiger partial charge on any atom is 0.00237 e. The lowest BCUT2D eigenvalue weighted by Crippen LogP contribution is -1.67. The highest BCUT2D eigenvalue weighted by Gasteiger charge is 1.73. The van der Waals surface area contributed by atoms with Crippen molar-refractivity contribution in [2.75, 3.05) is 5.75 Å². The molecule has 0 N–H and O–H groups in total. The van der Waals surface area contributed by atoms with Gasteiger partial charge in [-0.1, -0.05) is 12.2 Å². The molecule has 0 aromatic heterocycles. The van der Waals surface area contributed by atoms with E-state index in [1.54, 1.807) is 11.8 Å². The van der Waals surface area contributed by atoms with Crippen molar-refractivity contribution < 1.29 is 0 Å². The topological polar surface area (TPSA) is 0 Å². The zero-order valence-electron chi connectivity index (χ0n) is 4.68. The average molecular weight is 115 g/mol. The Bertz CT molecular complexity index is 48.1. The van der Waals surface area contributed by atoms with E-state index in [1.165, 1.54) is 0 Å². The van der Waals surface area contributed by atoms with E-state index < -0.39 is 0 Å². The summed E-state index contributed by atoms with van der Waals surface area (Å²) in [7, 11) is 0. The van der Waals surface area contributed by atoms with Crippen molar-refractivity contribution in [1.29, 1.82) is 0 Å². The second-order valence-corrected chi connectivity index (χ2v) is 2.08. The molecule has 1 heteroatoms.